The minimum Gasteiger partial charge on any atom is -0.309 e. The van der Waals surface area contributed by atoms with E-state index in [2.05, 4.69) is 60.6 Å². The quantitative estimate of drug-likeness (QED) is 0.819. The highest BCUT2D eigenvalue weighted by molar-refractivity contribution is 8.01. The molecule has 0 aliphatic rings. The van der Waals surface area contributed by atoms with Gasteiger partial charge in [0.25, 0.3) is 0 Å². The van der Waals surface area contributed by atoms with Gasteiger partial charge in [-0.25, -0.2) is 0 Å². The van der Waals surface area contributed by atoms with Gasteiger partial charge in [-0.15, -0.1) is 10.2 Å². The molecule has 0 radical (unpaired) electrons. The summed E-state index contributed by atoms with van der Waals surface area (Å²) in [6.45, 7) is 9.46. The van der Waals surface area contributed by atoms with Gasteiger partial charge in [-0.3, -0.25) is 0 Å². The molecule has 1 N–H and O–H groups in total. The molecule has 0 fully saturated rings. The number of rotatable bonds is 6. The van der Waals surface area contributed by atoms with Crippen LogP contribution < -0.4 is 5.32 Å². The van der Waals surface area contributed by atoms with Crippen LogP contribution in [0.4, 0.5) is 0 Å². The third kappa shape index (κ3) is 4.04. The topological polar surface area (TPSA) is 37.8 Å². The maximum atomic E-state index is 4.21. The van der Waals surface area contributed by atoms with Crippen LogP contribution in [0.25, 0.3) is 0 Å². The van der Waals surface area contributed by atoms with Crippen LogP contribution in [0.15, 0.2) is 28.6 Å². The van der Waals surface area contributed by atoms with Gasteiger partial charge in [0.15, 0.2) is 4.34 Å². The molecular weight excluding hydrogens is 286 g/mol. The molecule has 2 unspecified atom stereocenters. The first-order valence-corrected chi connectivity index (χ1v) is 8.56. The molecule has 0 saturated heterocycles. The van der Waals surface area contributed by atoms with Gasteiger partial charge in [-0.05, 0) is 26.0 Å². The second kappa shape index (κ2) is 7.20. The minimum absolute atomic E-state index is 0.329. The lowest BCUT2D eigenvalue weighted by atomic mass is 10.0. The van der Waals surface area contributed by atoms with Gasteiger partial charge in [0.05, 0.1) is 0 Å². The maximum Gasteiger partial charge on any atom is 0.174 e. The third-order valence-electron chi connectivity index (χ3n) is 3.12. The van der Waals surface area contributed by atoms with Crippen molar-refractivity contribution in [3.8, 4) is 0 Å². The Morgan fingerprint density at radius 3 is 2.45 bits per heavy atom. The van der Waals surface area contributed by atoms with Crippen molar-refractivity contribution in [2.24, 2.45) is 0 Å². The van der Waals surface area contributed by atoms with Gasteiger partial charge in [0.1, 0.15) is 5.01 Å². The Labute approximate surface area is 129 Å². The number of aryl methyl sites for hydroxylation is 2. The van der Waals surface area contributed by atoms with Gasteiger partial charge in [0, 0.05) is 11.3 Å². The standard InChI is InChI=1S/C15H21N3S2/c1-5-16-14(13-8-6-10(2)7-9-13)11(3)19-15-18-17-12(4)20-15/h6-9,11,14,16H,5H2,1-4H3. The molecule has 20 heavy (non-hydrogen) atoms. The maximum absolute atomic E-state index is 4.21. The Morgan fingerprint density at radius 1 is 1.20 bits per heavy atom. The van der Waals surface area contributed by atoms with Gasteiger partial charge in [-0.2, -0.15) is 0 Å². The first-order chi connectivity index (χ1) is 9.60. The Morgan fingerprint density at radius 2 is 1.90 bits per heavy atom. The van der Waals surface area contributed by atoms with E-state index in [1.165, 1.54) is 11.1 Å². The summed E-state index contributed by atoms with van der Waals surface area (Å²) < 4.78 is 1.05. The van der Waals surface area contributed by atoms with Crippen LogP contribution in [0, 0.1) is 13.8 Å². The van der Waals surface area contributed by atoms with E-state index in [1.54, 1.807) is 23.1 Å². The number of hydrogen-bond donors (Lipinski definition) is 1. The first kappa shape index (κ1) is 15.5. The van der Waals surface area contributed by atoms with Crippen molar-refractivity contribution in [1.29, 1.82) is 0 Å². The fraction of sp³-hybridized carbons (Fsp3) is 0.467. The van der Waals surface area contributed by atoms with Crippen molar-refractivity contribution >= 4 is 23.1 Å². The van der Waals surface area contributed by atoms with Gasteiger partial charge in [0.2, 0.25) is 0 Å². The number of aromatic nitrogens is 2. The smallest absolute Gasteiger partial charge is 0.174 e. The number of nitrogens with one attached hydrogen (secondary N) is 1. The third-order valence-corrected chi connectivity index (χ3v) is 5.22. The van der Waals surface area contributed by atoms with E-state index in [4.69, 9.17) is 0 Å². The number of thioether (sulfide) groups is 1. The Bertz CT molecular complexity index is 536. The van der Waals surface area contributed by atoms with E-state index in [0.29, 0.717) is 11.3 Å². The molecule has 0 saturated carbocycles. The molecule has 0 aliphatic heterocycles. The summed E-state index contributed by atoms with van der Waals surface area (Å²) in [6.07, 6.45) is 0. The molecule has 1 heterocycles. The highest BCUT2D eigenvalue weighted by Crippen LogP contribution is 2.33. The average Bonchev–Trinajstić information content (AvgIpc) is 2.82. The van der Waals surface area contributed by atoms with E-state index >= 15 is 0 Å². The molecular formula is C15H21N3S2. The molecule has 108 valence electrons. The monoisotopic (exact) mass is 307 g/mol. The lowest BCUT2D eigenvalue weighted by Crippen LogP contribution is -2.28. The predicted molar refractivity (Wildman–Crippen MR) is 87.6 cm³/mol. The summed E-state index contributed by atoms with van der Waals surface area (Å²) >= 11 is 3.46. The van der Waals surface area contributed by atoms with Gasteiger partial charge < -0.3 is 5.32 Å². The van der Waals surface area contributed by atoms with Crippen molar-refractivity contribution in [1.82, 2.24) is 15.5 Å². The Kier molecular flexibility index (Phi) is 5.57. The molecule has 1 aromatic heterocycles. The van der Waals surface area contributed by atoms with E-state index in [9.17, 15) is 0 Å². The molecule has 0 aliphatic carbocycles. The van der Waals surface area contributed by atoms with Crippen molar-refractivity contribution in [3.63, 3.8) is 0 Å². The molecule has 0 amide bonds. The fourth-order valence-corrected chi connectivity index (χ4v) is 4.32. The number of nitrogens with zero attached hydrogens (tertiary/aromatic N) is 2. The van der Waals surface area contributed by atoms with E-state index < -0.39 is 0 Å². The van der Waals surface area contributed by atoms with Crippen LogP contribution >= 0.6 is 23.1 Å². The average molecular weight is 307 g/mol. The second-order valence-corrected chi connectivity index (χ2v) is 7.66. The highest BCUT2D eigenvalue weighted by Gasteiger charge is 2.20. The molecule has 5 heteroatoms. The molecule has 1 aromatic carbocycles. The van der Waals surface area contributed by atoms with Crippen LogP contribution in [-0.4, -0.2) is 22.0 Å². The normalized spacial score (nSPS) is 14.2. The summed E-state index contributed by atoms with van der Waals surface area (Å²) in [5.74, 6) is 0. The minimum atomic E-state index is 0.329. The summed E-state index contributed by atoms with van der Waals surface area (Å²) in [6, 6.07) is 9.10. The zero-order valence-corrected chi connectivity index (χ0v) is 14.0. The van der Waals surface area contributed by atoms with E-state index in [0.717, 1.165) is 15.9 Å². The summed E-state index contributed by atoms with van der Waals surface area (Å²) in [4.78, 5) is 0. The Hall–Kier alpha value is -0.910. The highest BCUT2D eigenvalue weighted by atomic mass is 32.2. The van der Waals surface area contributed by atoms with Crippen molar-refractivity contribution in [2.45, 2.75) is 43.3 Å². The Balaban J connectivity index is 2.12. The van der Waals surface area contributed by atoms with E-state index in [1.807, 2.05) is 6.92 Å². The summed E-state index contributed by atoms with van der Waals surface area (Å²) in [5.41, 5.74) is 2.63. The lowest BCUT2D eigenvalue weighted by Gasteiger charge is -2.24. The number of hydrogen-bond acceptors (Lipinski definition) is 5. The van der Waals surface area contributed by atoms with Crippen LogP contribution in [0.3, 0.4) is 0 Å². The predicted octanol–water partition coefficient (Wildman–Crippen LogP) is 3.99. The number of benzene rings is 1. The van der Waals surface area contributed by atoms with Crippen molar-refractivity contribution in [2.75, 3.05) is 6.54 Å². The van der Waals surface area contributed by atoms with Crippen LogP contribution in [0.2, 0.25) is 0 Å². The molecule has 0 bridgehead atoms. The SMILES string of the molecule is CCNC(c1ccc(C)cc1)C(C)Sc1nnc(C)s1. The molecule has 2 atom stereocenters. The van der Waals surface area contributed by atoms with E-state index in [-0.39, 0.29) is 0 Å². The zero-order chi connectivity index (χ0) is 14.5. The molecule has 3 nitrogen and oxygen atoms in total. The summed E-state index contributed by atoms with van der Waals surface area (Å²) in [7, 11) is 0. The van der Waals surface area contributed by atoms with Crippen LogP contribution in [-0.2, 0) is 0 Å². The molecule has 0 spiro atoms. The largest absolute Gasteiger partial charge is 0.309 e. The molecule has 2 aromatic rings. The second-order valence-electron chi connectivity index (χ2n) is 4.86. The van der Waals surface area contributed by atoms with Crippen molar-refractivity contribution in [3.05, 3.63) is 40.4 Å². The van der Waals surface area contributed by atoms with Gasteiger partial charge in [-0.1, -0.05) is 66.8 Å². The summed E-state index contributed by atoms with van der Waals surface area (Å²) in [5, 5.41) is 13.3. The van der Waals surface area contributed by atoms with Gasteiger partial charge >= 0.3 is 0 Å². The fourth-order valence-electron chi connectivity index (χ4n) is 2.10. The lowest BCUT2D eigenvalue weighted by molar-refractivity contribution is 0.548. The zero-order valence-electron chi connectivity index (χ0n) is 12.4. The molecule has 2 rings (SSSR count). The first-order valence-electron chi connectivity index (χ1n) is 6.87. The van der Waals surface area contributed by atoms with Crippen LogP contribution in [0.5, 0.6) is 0 Å². The van der Waals surface area contributed by atoms with Crippen molar-refractivity contribution < 1.29 is 0 Å². The van der Waals surface area contributed by atoms with Crippen LogP contribution in [0.1, 0.15) is 36.0 Å².